The van der Waals surface area contributed by atoms with Gasteiger partial charge < -0.3 is 14.3 Å². The van der Waals surface area contributed by atoms with Crippen molar-refractivity contribution in [2.45, 2.75) is 52.2 Å². The smallest absolute Gasteiger partial charge is 0.400 e. The molecule has 0 amide bonds. The average molecular weight is 248 g/mol. The lowest BCUT2D eigenvalue weighted by Gasteiger charge is -2.32. The maximum absolute atomic E-state index is 5.87. The monoisotopic (exact) mass is 248 g/mol. The molecule has 0 spiro atoms. The minimum atomic E-state index is -0.315. The van der Waals surface area contributed by atoms with Gasteiger partial charge in [-0.15, -0.1) is 0 Å². The summed E-state index contributed by atoms with van der Waals surface area (Å²) < 4.78 is 11.7. The quantitative estimate of drug-likeness (QED) is 0.836. The van der Waals surface area contributed by atoms with Crippen LogP contribution in [0, 0.1) is 0 Å². The van der Waals surface area contributed by atoms with Crippen LogP contribution >= 0.6 is 0 Å². The van der Waals surface area contributed by atoms with E-state index in [0.717, 1.165) is 17.9 Å². The first-order valence-electron chi connectivity index (χ1n) is 6.42. The zero-order valence-electron chi connectivity index (χ0n) is 11.8. The predicted octanol–water partition coefficient (Wildman–Crippen LogP) is 2.62. The lowest BCUT2D eigenvalue weighted by Crippen LogP contribution is -2.41. The second kappa shape index (κ2) is 4.55. The van der Waals surface area contributed by atoms with Gasteiger partial charge in [0, 0.05) is 11.9 Å². The van der Waals surface area contributed by atoms with Crippen molar-refractivity contribution in [2.24, 2.45) is 0 Å². The van der Waals surface area contributed by atoms with Crippen molar-refractivity contribution in [3.05, 3.63) is 23.7 Å². The van der Waals surface area contributed by atoms with E-state index in [-0.39, 0.29) is 18.3 Å². The molecule has 0 bridgehead atoms. The minimum absolute atomic E-state index is 0.292. The Kier molecular flexibility index (Phi) is 3.38. The number of aryl methyl sites for hydroxylation is 1. The number of aromatic amines is 1. The largest absolute Gasteiger partial charge is 0.487 e. The first kappa shape index (κ1) is 13.4. The molecule has 1 N–H and O–H groups in total. The number of rotatable bonds is 3. The molecule has 18 heavy (non-hydrogen) atoms. The molecule has 98 valence electrons. The van der Waals surface area contributed by atoms with Crippen LogP contribution in [0.25, 0.3) is 6.08 Å². The molecule has 1 fully saturated rings. The van der Waals surface area contributed by atoms with Crippen molar-refractivity contribution in [2.75, 3.05) is 0 Å². The highest BCUT2D eigenvalue weighted by Gasteiger charge is 2.49. The maximum atomic E-state index is 5.87. The van der Waals surface area contributed by atoms with Crippen molar-refractivity contribution in [1.82, 2.24) is 9.97 Å². The van der Waals surface area contributed by atoms with Gasteiger partial charge in [0.25, 0.3) is 0 Å². The van der Waals surface area contributed by atoms with Gasteiger partial charge in [0.15, 0.2) is 0 Å². The van der Waals surface area contributed by atoms with Gasteiger partial charge in [-0.25, -0.2) is 4.98 Å². The highest BCUT2D eigenvalue weighted by atomic mass is 16.7. The number of H-pyrrole nitrogens is 1. The Morgan fingerprint density at radius 2 is 1.89 bits per heavy atom. The molecule has 0 atom stereocenters. The van der Waals surface area contributed by atoms with E-state index < -0.39 is 0 Å². The van der Waals surface area contributed by atoms with Gasteiger partial charge in [-0.3, -0.25) is 0 Å². The molecule has 1 aliphatic heterocycles. The number of nitrogens with one attached hydrogen (secondary N) is 1. The highest BCUT2D eigenvalue weighted by Crippen LogP contribution is 2.36. The van der Waals surface area contributed by atoms with Gasteiger partial charge in [0.05, 0.1) is 11.2 Å². The SMILES string of the molecule is CCc1cnc(/C=C/B2OC(C)(C)C(C)(C)O2)[nH]1. The van der Waals surface area contributed by atoms with Crippen molar-refractivity contribution in [3.63, 3.8) is 0 Å². The Hall–Kier alpha value is -1.07. The molecule has 0 aliphatic carbocycles. The van der Waals surface area contributed by atoms with Crippen molar-refractivity contribution in [1.29, 1.82) is 0 Å². The average Bonchev–Trinajstić information content (AvgIpc) is 2.79. The van der Waals surface area contributed by atoms with Crippen LogP contribution in [0.2, 0.25) is 0 Å². The third kappa shape index (κ3) is 2.52. The zero-order chi connectivity index (χ0) is 13.4. The molecular weight excluding hydrogens is 227 g/mol. The molecule has 0 aromatic carbocycles. The molecule has 1 aromatic heterocycles. The van der Waals surface area contributed by atoms with Crippen LogP contribution in [0.3, 0.4) is 0 Å². The van der Waals surface area contributed by atoms with Crippen molar-refractivity contribution >= 4 is 13.2 Å². The molecule has 1 saturated heterocycles. The number of nitrogens with zero attached hydrogens (tertiary/aromatic N) is 1. The summed E-state index contributed by atoms with van der Waals surface area (Å²) in [6.45, 7) is 10.3. The van der Waals surface area contributed by atoms with E-state index in [4.69, 9.17) is 9.31 Å². The normalized spacial score (nSPS) is 21.9. The molecule has 2 heterocycles. The molecule has 0 saturated carbocycles. The fourth-order valence-corrected chi connectivity index (χ4v) is 1.78. The third-order valence-electron chi connectivity index (χ3n) is 3.71. The second-order valence-corrected chi connectivity index (χ2v) is 5.63. The van der Waals surface area contributed by atoms with Crippen LogP contribution < -0.4 is 0 Å². The number of hydrogen-bond acceptors (Lipinski definition) is 3. The van der Waals surface area contributed by atoms with Crippen LogP contribution in [-0.4, -0.2) is 28.3 Å². The van der Waals surface area contributed by atoms with Gasteiger partial charge in [-0.2, -0.15) is 0 Å². The standard InChI is InChI=1S/C13H21BN2O2/c1-6-10-9-15-11(16-10)7-8-14-17-12(2,3)13(4,5)18-14/h7-9H,6H2,1-5H3,(H,15,16)/b8-7+. The summed E-state index contributed by atoms with van der Waals surface area (Å²) >= 11 is 0. The van der Waals surface area contributed by atoms with Crippen LogP contribution in [-0.2, 0) is 15.7 Å². The van der Waals surface area contributed by atoms with E-state index >= 15 is 0 Å². The lowest BCUT2D eigenvalue weighted by atomic mass is 9.90. The van der Waals surface area contributed by atoms with Crippen LogP contribution in [0.4, 0.5) is 0 Å². The van der Waals surface area contributed by atoms with Gasteiger partial charge in [0.2, 0.25) is 0 Å². The third-order valence-corrected chi connectivity index (χ3v) is 3.71. The van der Waals surface area contributed by atoms with Crippen molar-refractivity contribution < 1.29 is 9.31 Å². The van der Waals surface area contributed by atoms with E-state index in [1.807, 2.05) is 45.9 Å². The Labute approximate surface area is 109 Å². The molecule has 4 nitrogen and oxygen atoms in total. The van der Waals surface area contributed by atoms with E-state index in [9.17, 15) is 0 Å². The van der Waals surface area contributed by atoms with Crippen LogP contribution in [0.1, 0.15) is 46.1 Å². The molecule has 0 radical (unpaired) electrons. The van der Waals surface area contributed by atoms with Crippen LogP contribution in [0.15, 0.2) is 12.2 Å². The Morgan fingerprint density at radius 1 is 1.28 bits per heavy atom. The summed E-state index contributed by atoms with van der Waals surface area (Å²) in [7, 11) is -0.315. The Morgan fingerprint density at radius 3 is 2.39 bits per heavy atom. The Balaban J connectivity index is 2.03. The summed E-state index contributed by atoms with van der Waals surface area (Å²) in [6.07, 6.45) is 4.71. The number of aromatic nitrogens is 2. The van der Waals surface area contributed by atoms with Gasteiger partial charge in [0.1, 0.15) is 5.82 Å². The maximum Gasteiger partial charge on any atom is 0.487 e. The first-order valence-corrected chi connectivity index (χ1v) is 6.42. The first-order chi connectivity index (χ1) is 8.34. The number of hydrogen-bond donors (Lipinski definition) is 1. The fourth-order valence-electron chi connectivity index (χ4n) is 1.78. The van der Waals surface area contributed by atoms with Crippen molar-refractivity contribution in [3.8, 4) is 0 Å². The zero-order valence-corrected chi connectivity index (χ0v) is 11.8. The summed E-state index contributed by atoms with van der Waals surface area (Å²) in [4.78, 5) is 7.49. The number of imidazole rings is 1. The summed E-state index contributed by atoms with van der Waals surface area (Å²) in [5.41, 5.74) is 0.544. The topological polar surface area (TPSA) is 47.1 Å². The molecule has 5 heteroatoms. The molecule has 1 aliphatic rings. The van der Waals surface area contributed by atoms with E-state index in [1.54, 1.807) is 0 Å². The van der Waals surface area contributed by atoms with Gasteiger partial charge in [-0.1, -0.05) is 12.9 Å². The lowest BCUT2D eigenvalue weighted by molar-refractivity contribution is 0.00578. The predicted molar refractivity (Wildman–Crippen MR) is 73.1 cm³/mol. The van der Waals surface area contributed by atoms with E-state index in [0.29, 0.717) is 0 Å². The fraction of sp³-hybridized carbons (Fsp3) is 0.615. The molecular formula is C13H21BN2O2. The molecule has 0 unspecified atom stereocenters. The summed E-state index contributed by atoms with van der Waals surface area (Å²) in [5, 5.41) is 0. The second-order valence-electron chi connectivity index (χ2n) is 5.63. The van der Waals surface area contributed by atoms with E-state index in [2.05, 4.69) is 16.9 Å². The van der Waals surface area contributed by atoms with Gasteiger partial charge >= 0.3 is 7.12 Å². The van der Waals surface area contributed by atoms with Gasteiger partial charge in [-0.05, 0) is 40.2 Å². The minimum Gasteiger partial charge on any atom is -0.400 e. The molecule has 1 aromatic rings. The highest BCUT2D eigenvalue weighted by molar-refractivity contribution is 6.52. The summed E-state index contributed by atoms with van der Waals surface area (Å²) in [5.74, 6) is 2.73. The Bertz CT molecular complexity index is 436. The van der Waals surface area contributed by atoms with E-state index in [1.165, 1.54) is 0 Å². The van der Waals surface area contributed by atoms with Crippen LogP contribution in [0.5, 0.6) is 0 Å². The summed E-state index contributed by atoms with van der Waals surface area (Å²) in [6, 6.07) is 0. The molecule has 2 rings (SSSR count).